The maximum atomic E-state index is 13.0. The molecule has 19 heavy (non-hydrogen) atoms. The van der Waals surface area contributed by atoms with Crippen molar-refractivity contribution < 1.29 is 31.9 Å². The van der Waals surface area contributed by atoms with E-state index >= 15 is 0 Å². The van der Waals surface area contributed by atoms with Crippen molar-refractivity contribution in [2.24, 2.45) is 0 Å². The molecular formula is C10H12ClF4NO3. The minimum absolute atomic E-state index is 0.0346. The number of hydrogen-bond acceptors (Lipinski definition) is 3. The molecule has 1 fully saturated rings. The van der Waals surface area contributed by atoms with Crippen LogP contribution in [-0.2, 0) is 14.3 Å². The first-order valence-corrected chi connectivity index (χ1v) is 5.87. The summed E-state index contributed by atoms with van der Waals surface area (Å²) in [5.74, 6) is -8.08. The standard InChI is InChI=1S/C10H12ClF4NO3/c1-19-5-2-6(7(17)3-11)16(4-5)9(18)10(14,15)8(12)13/h5-6,8H,2-4H2,1H3. The molecule has 1 saturated heterocycles. The van der Waals surface area contributed by atoms with Crippen LogP contribution in [-0.4, -0.2) is 60.6 Å². The van der Waals surface area contributed by atoms with Crippen molar-refractivity contribution in [2.75, 3.05) is 19.5 Å². The summed E-state index contributed by atoms with van der Waals surface area (Å²) in [6, 6.07) is -1.25. The van der Waals surface area contributed by atoms with Crippen LogP contribution in [0.5, 0.6) is 0 Å². The lowest BCUT2D eigenvalue weighted by Crippen LogP contribution is -2.51. The van der Waals surface area contributed by atoms with E-state index in [1.807, 2.05) is 0 Å². The third kappa shape index (κ3) is 3.17. The first kappa shape index (κ1) is 16.2. The van der Waals surface area contributed by atoms with E-state index < -0.39 is 42.1 Å². The molecule has 2 atom stereocenters. The van der Waals surface area contributed by atoms with Gasteiger partial charge in [-0.2, -0.15) is 8.78 Å². The summed E-state index contributed by atoms with van der Waals surface area (Å²) in [6.07, 6.45) is -4.82. The predicted molar refractivity (Wildman–Crippen MR) is 57.6 cm³/mol. The van der Waals surface area contributed by atoms with Crippen LogP contribution in [0.15, 0.2) is 0 Å². The molecule has 2 unspecified atom stereocenters. The van der Waals surface area contributed by atoms with Gasteiger partial charge in [0.25, 0.3) is 5.91 Å². The number of ketones is 1. The third-order valence-electron chi connectivity index (χ3n) is 2.92. The number of methoxy groups -OCH3 is 1. The molecular weight excluding hydrogens is 294 g/mol. The normalized spacial score (nSPS) is 24.1. The number of amides is 1. The number of alkyl halides is 5. The Labute approximate surface area is 111 Å². The van der Waals surface area contributed by atoms with Crippen LogP contribution >= 0.6 is 11.6 Å². The summed E-state index contributed by atoms with van der Waals surface area (Å²) in [4.78, 5) is 23.3. The van der Waals surface area contributed by atoms with Crippen LogP contribution in [0, 0.1) is 0 Å². The minimum atomic E-state index is -4.83. The summed E-state index contributed by atoms with van der Waals surface area (Å²) in [6.45, 7) is -0.342. The molecule has 1 amide bonds. The first-order chi connectivity index (χ1) is 8.75. The second kappa shape index (κ2) is 6.04. The molecule has 0 spiro atoms. The van der Waals surface area contributed by atoms with E-state index in [2.05, 4.69) is 0 Å². The second-order valence-corrected chi connectivity index (χ2v) is 4.36. The van der Waals surface area contributed by atoms with Gasteiger partial charge in [0.2, 0.25) is 0 Å². The van der Waals surface area contributed by atoms with Crippen molar-refractivity contribution in [3.8, 4) is 0 Å². The minimum Gasteiger partial charge on any atom is -0.380 e. The quantitative estimate of drug-likeness (QED) is 0.568. The highest BCUT2D eigenvalue weighted by atomic mass is 35.5. The molecule has 0 aromatic heterocycles. The summed E-state index contributed by atoms with van der Waals surface area (Å²) in [7, 11) is 1.27. The van der Waals surface area contributed by atoms with E-state index in [1.165, 1.54) is 7.11 Å². The molecule has 110 valence electrons. The number of carbonyl (C=O) groups excluding carboxylic acids is 2. The Balaban J connectivity index is 2.95. The Morgan fingerprint density at radius 2 is 2.05 bits per heavy atom. The zero-order chi connectivity index (χ0) is 14.8. The highest BCUT2D eigenvalue weighted by Gasteiger charge is 2.54. The van der Waals surface area contributed by atoms with Gasteiger partial charge >= 0.3 is 12.3 Å². The number of carbonyl (C=O) groups is 2. The van der Waals surface area contributed by atoms with Crippen LogP contribution in [0.4, 0.5) is 17.6 Å². The number of nitrogens with zero attached hydrogens (tertiary/aromatic N) is 1. The zero-order valence-electron chi connectivity index (χ0n) is 9.92. The van der Waals surface area contributed by atoms with E-state index in [1.54, 1.807) is 0 Å². The summed E-state index contributed by atoms with van der Waals surface area (Å²) in [5, 5.41) is 0. The van der Waals surface area contributed by atoms with Gasteiger partial charge in [0.05, 0.1) is 18.0 Å². The SMILES string of the molecule is COC1CC(C(=O)CCl)N(C(=O)C(F)(F)C(F)F)C1. The van der Waals surface area contributed by atoms with Gasteiger partial charge in [-0.15, -0.1) is 11.6 Å². The lowest BCUT2D eigenvalue weighted by molar-refractivity contribution is -0.182. The Kier molecular flexibility index (Phi) is 5.14. The molecule has 0 bridgehead atoms. The Morgan fingerprint density at radius 1 is 1.47 bits per heavy atom. The number of hydrogen-bond donors (Lipinski definition) is 0. The number of ether oxygens (including phenoxy) is 1. The van der Waals surface area contributed by atoms with Crippen LogP contribution in [0.2, 0.25) is 0 Å². The van der Waals surface area contributed by atoms with E-state index in [0.29, 0.717) is 4.90 Å². The Morgan fingerprint density at radius 3 is 2.47 bits per heavy atom. The van der Waals surface area contributed by atoms with Gasteiger partial charge in [0.15, 0.2) is 5.78 Å². The van der Waals surface area contributed by atoms with E-state index in [-0.39, 0.29) is 13.0 Å². The van der Waals surface area contributed by atoms with Gasteiger partial charge in [-0.3, -0.25) is 9.59 Å². The first-order valence-electron chi connectivity index (χ1n) is 5.34. The molecule has 0 aromatic rings. The Hall–Kier alpha value is -0.890. The van der Waals surface area contributed by atoms with Crippen LogP contribution < -0.4 is 0 Å². The maximum Gasteiger partial charge on any atom is 0.383 e. The fourth-order valence-corrected chi connectivity index (χ4v) is 2.05. The molecule has 0 radical (unpaired) electrons. The van der Waals surface area contributed by atoms with Crippen molar-refractivity contribution in [1.29, 1.82) is 0 Å². The number of likely N-dealkylation sites (tertiary alicyclic amines) is 1. The lowest BCUT2D eigenvalue weighted by atomic mass is 10.1. The number of halogens is 5. The maximum absolute atomic E-state index is 13.0. The molecule has 0 aliphatic carbocycles. The molecule has 0 saturated carbocycles. The fraction of sp³-hybridized carbons (Fsp3) is 0.800. The van der Waals surface area contributed by atoms with Crippen molar-refractivity contribution in [3.63, 3.8) is 0 Å². The van der Waals surface area contributed by atoms with Gasteiger partial charge < -0.3 is 9.64 Å². The largest absolute Gasteiger partial charge is 0.383 e. The van der Waals surface area contributed by atoms with Gasteiger partial charge in [-0.25, -0.2) is 8.78 Å². The monoisotopic (exact) mass is 305 g/mol. The van der Waals surface area contributed by atoms with Crippen molar-refractivity contribution in [1.82, 2.24) is 4.90 Å². The molecule has 1 heterocycles. The zero-order valence-corrected chi connectivity index (χ0v) is 10.7. The summed E-state index contributed by atoms with van der Waals surface area (Å²) >= 11 is 5.31. The smallest absolute Gasteiger partial charge is 0.380 e. The van der Waals surface area contributed by atoms with E-state index in [0.717, 1.165) is 0 Å². The van der Waals surface area contributed by atoms with Gasteiger partial charge in [0, 0.05) is 20.1 Å². The third-order valence-corrected chi connectivity index (χ3v) is 3.18. The van der Waals surface area contributed by atoms with Crippen molar-refractivity contribution in [2.45, 2.75) is 30.9 Å². The lowest BCUT2D eigenvalue weighted by Gasteiger charge is -2.26. The molecule has 9 heteroatoms. The van der Waals surface area contributed by atoms with Gasteiger partial charge in [0.1, 0.15) is 0 Å². The average molecular weight is 306 g/mol. The molecule has 1 rings (SSSR count). The van der Waals surface area contributed by atoms with Crippen molar-refractivity contribution >= 4 is 23.3 Å². The molecule has 0 aromatic carbocycles. The molecule has 0 N–H and O–H groups in total. The highest BCUT2D eigenvalue weighted by molar-refractivity contribution is 6.28. The highest BCUT2D eigenvalue weighted by Crippen LogP contribution is 2.30. The van der Waals surface area contributed by atoms with Crippen LogP contribution in [0.25, 0.3) is 0 Å². The molecule has 1 aliphatic heterocycles. The van der Waals surface area contributed by atoms with Gasteiger partial charge in [-0.05, 0) is 0 Å². The second-order valence-electron chi connectivity index (χ2n) is 4.09. The van der Waals surface area contributed by atoms with E-state index in [9.17, 15) is 27.2 Å². The topological polar surface area (TPSA) is 46.6 Å². The number of rotatable bonds is 5. The Bertz CT molecular complexity index is 367. The van der Waals surface area contributed by atoms with Crippen LogP contribution in [0.3, 0.4) is 0 Å². The predicted octanol–water partition coefficient (Wildman–Crippen LogP) is 1.31. The fourth-order valence-electron chi connectivity index (χ4n) is 1.87. The van der Waals surface area contributed by atoms with Crippen molar-refractivity contribution in [3.05, 3.63) is 0 Å². The molecule has 1 aliphatic rings. The average Bonchev–Trinajstić information content (AvgIpc) is 2.80. The number of Topliss-reactive ketones (excluding diaryl/α,β-unsaturated/α-hetero) is 1. The van der Waals surface area contributed by atoms with Crippen LogP contribution in [0.1, 0.15) is 6.42 Å². The summed E-state index contributed by atoms with van der Waals surface area (Å²) < 4.78 is 55.3. The molecule has 4 nitrogen and oxygen atoms in total. The van der Waals surface area contributed by atoms with E-state index in [4.69, 9.17) is 16.3 Å². The van der Waals surface area contributed by atoms with Gasteiger partial charge in [-0.1, -0.05) is 0 Å². The summed E-state index contributed by atoms with van der Waals surface area (Å²) in [5.41, 5.74) is 0.